The molecule has 0 aromatic heterocycles. The van der Waals surface area contributed by atoms with Crippen molar-refractivity contribution in [1.29, 1.82) is 0 Å². The Bertz CT molecular complexity index is 1270. The minimum Gasteiger partial charge on any atom is -0.466 e. The first-order valence-electron chi connectivity index (χ1n) is 20.5. The molecular formula is C43H69FN2O2. The zero-order valence-electron chi connectivity index (χ0n) is 31.6. The molecule has 0 aromatic carbocycles. The summed E-state index contributed by atoms with van der Waals surface area (Å²) in [6.07, 6.45) is 23.8. The first-order valence-corrected chi connectivity index (χ1v) is 20.5. The van der Waals surface area contributed by atoms with E-state index in [4.69, 9.17) is 4.74 Å². The van der Waals surface area contributed by atoms with Crippen LogP contribution in [0.3, 0.4) is 0 Å². The Kier molecular flexibility index (Phi) is 9.60. The van der Waals surface area contributed by atoms with E-state index >= 15 is 0 Å². The summed E-state index contributed by atoms with van der Waals surface area (Å²) >= 11 is 0. The molecule has 4 nitrogen and oxygen atoms in total. The highest BCUT2D eigenvalue weighted by atomic mass is 19.1. The zero-order chi connectivity index (χ0) is 34.0. The summed E-state index contributed by atoms with van der Waals surface area (Å²) in [6.45, 7) is 19.1. The molecule has 1 saturated heterocycles. The first-order chi connectivity index (χ1) is 22.9. The van der Waals surface area contributed by atoms with E-state index in [1.54, 1.807) is 11.1 Å². The van der Waals surface area contributed by atoms with Crippen LogP contribution in [0.4, 0.5) is 4.39 Å². The van der Waals surface area contributed by atoms with E-state index in [1.165, 1.54) is 64.2 Å². The molecule has 270 valence electrons. The number of likely N-dealkylation sites (tertiary alicyclic amines) is 1. The maximum Gasteiger partial charge on any atom is 0.311 e. The minimum atomic E-state index is -0.307. The quantitative estimate of drug-likeness (QED) is 0.263. The van der Waals surface area contributed by atoms with Crippen molar-refractivity contribution in [2.75, 3.05) is 39.5 Å². The maximum absolute atomic E-state index is 13.4. The molecule has 5 heteroatoms. The highest BCUT2D eigenvalue weighted by Crippen LogP contribution is 2.72. The number of alkyl halides is 1. The van der Waals surface area contributed by atoms with E-state index in [0.29, 0.717) is 23.0 Å². The lowest BCUT2D eigenvalue weighted by molar-refractivity contribution is -0.175. The number of esters is 1. The summed E-state index contributed by atoms with van der Waals surface area (Å²) in [6, 6.07) is 0. The van der Waals surface area contributed by atoms with Crippen LogP contribution in [0.2, 0.25) is 0 Å². The van der Waals surface area contributed by atoms with Gasteiger partial charge in [0, 0.05) is 18.6 Å². The number of nitrogens with one attached hydrogen (secondary N) is 1. The molecule has 0 spiro atoms. The van der Waals surface area contributed by atoms with Crippen LogP contribution >= 0.6 is 0 Å². The van der Waals surface area contributed by atoms with Gasteiger partial charge in [-0.3, -0.25) is 9.18 Å². The Morgan fingerprint density at radius 2 is 1.69 bits per heavy atom. The molecular weight excluding hydrogens is 595 g/mol. The van der Waals surface area contributed by atoms with E-state index < -0.39 is 0 Å². The van der Waals surface area contributed by atoms with Crippen molar-refractivity contribution < 1.29 is 13.9 Å². The molecule has 7 rings (SSSR count). The van der Waals surface area contributed by atoms with Gasteiger partial charge in [0.05, 0.1) is 18.7 Å². The summed E-state index contributed by atoms with van der Waals surface area (Å²) in [7, 11) is 0. The fourth-order valence-electron chi connectivity index (χ4n) is 14.2. The SMILES string of the molecule is CCOC(=O)C1(C)CCN(CCNC23CCCC2C2CCC4C(C)(CCC5C(C)(C)C(C6=CCC(CF)CC6)=CCC54C)C2CC3)CC1. The Morgan fingerprint density at radius 1 is 0.896 bits per heavy atom. The van der Waals surface area contributed by atoms with Crippen molar-refractivity contribution in [3.8, 4) is 0 Å². The third-order valence-electron chi connectivity index (χ3n) is 16.8. The van der Waals surface area contributed by atoms with Crippen LogP contribution in [-0.2, 0) is 9.53 Å². The Hall–Kier alpha value is -1.20. The number of ether oxygens (including phenoxy) is 1. The topological polar surface area (TPSA) is 41.6 Å². The van der Waals surface area contributed by atoms with Gasteiger partial charge in [0.25, 0.3) is 0 Å². The van der Waals surface area contributed by atoms with Gasteiger partial charge in [-0.1, -0.05) is 46.3 Å². The number of hydrogen-bond acceptors (Lipinski definition) is 4. The number of nitrogens with zero attached hydrogens (tertiary/aromatic N) is 1. The van der Waals surface area contributed by atoms with Gasteiger partial charge in [-0.2, -0.15) is 0 Å². The molecule has 7 aliphatic rings. The fraction of sp³-hybridized carbons (Fsp3) is 0.884. The lowest BCUT2D eigenvalue weighted by atomic mass is 9.37. The Balaban J connectivity index is 1.01. The summed E-state index contributed by atoms with van der Waals surface area (Å²) in [4.78, 5) is 15.1. The monoisotopic (exact) mass is 665 g/mol. The van der Waals surface area contributed by atoms with Crippen LogP contribution < -0.4 is 5.32 Å². The highest BCUT2D eigenvalue weighted by molar-refractivity contribution is 5.76. The molecule has 0 radical (unpaired) electrons. The van der Waals surface area contributed by atoms with Gasteiger partial charge in [0.15, 0.2) is 0 Å². The van der Waals surface area contributed by atoms with Crippen molar-refractivity contribution in [2.45, 2.75) is 143 Å². The third kappa shape index (κ3) is 5.70. The number of hydrogen-bond donors (Lipinski definition) is 1. The number of carbonyl (C=O) groups excluding carboxylic acids is 1. The zero-order valence-corrected chi connectivity index (χ0v) is 31.6. The molecule has 6 aliphatic carbocycles. The van der Waals surface area contributed by atoms with Crippen LogP contribution in [0.1, 0.15) is 138 Å². The molecule has 1 heterocycles. The molecule has 1 aliphatic heterocycles. The van der Waals surface area contributed by atoms with Gasteiger partial charge in [0.1, 0.15) is 0 Å². The number of rotatable bonds is 8. The van der Waals surface area contributed by atoms with Crippen molar-refractivity contribution in [3.63, 3.8) is 0 Å². The smallest absolute Gasteiger partial charge is 0.311 e. The summed E-state index contributed by atoms with van der Waals surface area (Å²) < 4.78 is 18.8. The van der Waals surface area contributed by atoms with Crippen LogP contribution in [0, 0.1) is 57.2 Å². The summed E-state index contributed by atoms with van der Waals surface area (Å²) in [5.41, 5.74) is 4.25. The predicted molar refractivity (Wildman–Crippen MR) is 194 cm³/mol. The number of carbonyl (C=O) groups is 1. The van der Waals surface area contributed by atoms with Crippen molar-refractivity contribution in [1.82, 2.24) is 10.2 Å². The largest absolute Gasteiger partial charge is 0.466 e. The minimum absolute atomic E-state index is 0.00234. The first kappa shape index (κ1) is 35.2. The summed E-state index contributed by atoms with van der Waals surface area (Å²) in [5.74, 6) is 4.40. The molecule has 4 saturated carbocycles. The van der Waals surface area contributed by atoms with Gasteiger partial charge in [-0.05, 0) is 180 Å². The maximum atomic E-state index is 13.4. The number of piperidine rings is 1. The van der Waals surface area contributed by atoms with E-state index in [2.05, 4.69) is 57.0 Å². The van der Waals surface area contributed by atoms with Crippen LogP contribution in [0.15, 0.2) is 23.3 Å². The molecule has 9 unspecified atom stereocenters. The lowest BCUT2D eigenvalue weighted by Crippen LogP contribution is -2.64. The van der Waals surface area contributed by atoms with E-state index in [1.807, 2.05) is 6.92 Å². The molecule has 0 aromatic rings. The van der Waals surface area contributed by atoms with Crippen molar-refractivity contribution in [2.24, 2.45) is 57.2 Å². The molecule has 0 amide bonds. The van der Waals surface area contributed by atoms with Gasteiger partial charge in [-0.25, -0.2) is 0 Å². The number of halogens is 1. The Labute approximate surface area is 292 Å². The van der Waals surface area contributed by atoms with Crippen LogP contribution in [-0.4, -0.2) is 55.9 Å². The average molecular weight is 665 g/mol. The molecule has 48 heavy (non-hydrogen) atoms. The van der Waals surface area contributed by atoms with Gasteiger partial charge >= 0.3 is 5.97 Å². The van der Waals surface area contributed by atoms with Gasteiger partial charge in [-0.15, -0.1) is 0 Å². The lowest BCUT2D eigenvalue weighted by Gasteiger charge is -2.68. The average Bonchev–Trinajstić information content (AvgIpc) is 3.50. The fourth-order valence-corrected chi connectivity index (χ4v) is 14.2. The van der Waals surface area contributed by atoms with E-state index in [9.17, 15) is 9.18 Å². The normalized spacial score (nSPS) is 43.6. The standard InChI is InChI=1S/C43H69FN2O2/c1-7-48-38(47)40(4)23-26-46(27-24-40)28-25-45-43-19-8-9-35(43)32-14-15-37-41(5,34(32)17-22-43)21-18-36-39(2,3)33(16-20-42(36,37)6)31-12-10-30(29-44)11-13-31/h12,16,30,32,34-37,45H,7-11,13-15,17-29H2,1-6H3. The van der Waals surface area contributed by atoms with Crippen LogP contribution in [0.5, 0.6) is 0 Å². The highest BCUT2D eigenvalue weighted by Gasteiger charge is 2.65. The Morgan fingerprint density at radius 3 is 2.40 bits per heavy atom. The number of allylic oxidation sites excluding steroid dienone is 4. The second-order valence-corrected chi connectivity index (χ2v) is 19.3. The molecule has 1 N–H and O–H groups in total. The molecule has 0 bridgehead atoms. The second-order valence-electron chi connectivity index (χ2n) is 19.3. The van der Waals surface area contributed by atoms with Crippen molar-refractivity contribution >= 4 is 5.97 Å². The second kappa shape index (κ2) is 13.1. The predicted octanol–water partition coefficient (Wildman–Crippen LogP) is 9.69. The van der Waals surface area contributed by atoms with E-state index in [0.717, 1.165) is 87.9 Å². The number of fused-ring (bicyclic) bond motifs is 7. The third-order valence-corrected chi connectivity index (χ3v) is 16.8. The van der Waals surface area contributed by atoms with E-state index in [-0.39, 0.29) is 29.4 Å². The molecule has 5 fully saturated rings. The van der Waals surface area contributed by atoms with Gasteiger partial charge < -0.3 is 15.0 Å². The van der Waals surface area contributed by atoms with Crippen molar-refractivity contribution in [3.05, 3.63) is 23.3 Å². The van der Waals surface area contributed by atoms with Gasteiger partial charge in [0.2, 0.25) is 0 Å². The summed E-state index contributed by atoms with van der Waals surface area (Å²) in [5, 5.41) is 4.26. The van der Waals surface area contributed by atoms with Crippen LogP contribution in [0.25, 0.3) is 0 Å². The molecule has 9 atom stereocenters.